The van der Waals surface area contributed by atoms with E-state index in [1.807, 2.05) is 0 Å². The van der Waals surface area contributed by atoms with Crippen molar-refractivity contribution < 1.29 is 9.94 Å². The first-order valence-electron chi connectivity index (χ1n) is 6.07. The van der Waals surface area contributed by atoms with Gasteiger partial charge in [0.15, 0.2) is 0 Å². The number of piperidine rings is 1. The number of nitrogens with two attached hydrogens (primary N) is 1. The molecule has 2 aliphatic rings. The summed E-state index contributed by atoms with van der Waals surface area (Å²) in [7, 11) is 0. The molecule has 16 heavy (non-hydrogen) atoms. The van der Waals surface area contributed by atoms with E-state index in [9.17, 15) is 0 Å². The summed E-state index contributed by atoms with van der Waals surface area (Å²) < 4.78 is 5.38. The summed E-state index contributed by atoms with van der Waals surface area (Å²) in [5.41, 5.74) is 5.62. The highest BCUT2D eigenvalue weighted by Gasteiger charge is 2.25. The van der Waals surface area contributed by atoms with Crippen molar-refractivity contribution in [2.45, 2.75) is 19.3 Å². The molecule has 0 radical (unpaired) electrons. The molecule has 0 bridgehead atoms. The monoisotopic (exact) mass is 227 g/mol. The van der Waals surface area contributed by atoms with E-state index in [4.69, 9.17) is 15.7 Å². The van der Waals surface area contributed by atoms with Crippen molar-refractivity contribution >= 4 is 5.84 Å². The summed E-state index contributed by atoms with van der Waals surface area (Å²) in [5.74, 6) is 1.37. The van der Waals surface area contributed by atoms with Crippen LogP contribution in [0.15, 0.2) is 5.16 Å². The minimum absolute atomic E-state index is 0.265. The second-order valence-electron chi connectivity index (χ2n) is 4.83. The van der Waals surface area contributed by atoms with Crippen LogP contribution in [0.25, 0.3) is 0 Å². The van der Waals surface area contributed by atoms with Crippen molar-refractivity contribution in [1.82, 2.24) is 4.90 Å². The molecule has 1 atom stereocenters. The molecule has 2 fully saturated rings. The van der Waals surface area contributed by atoms with Crippen molar-refractivity contribution in [1.29, 1.82) is 0 Å². The highest BCUT2D eigenvalue weighted by atomic mass is 16.5. The van der Waals surface area contributed by atoms with Crippen LogP contribution in [0.1, 0.15) is 19.3 Å². The number of hydrogen-bond acceptors (Lipinski definition) is 4. The van der Waals surface area contributed by atoms with Gasteiger partial charge in [-0.2, -0.15) is 0 Å². The van der Waals surface area contributed by atoms with Crippen molar-refractivity contribution in [3.05, 3.63) is 0 Å². The average molecular weight is 227 g/mol. The molecule has 2 rings (SSSR count). The van der Waals surface area contributed by atoms with E-state index < -0.39 is 0 Å². The molecular weight excluding hydrogens is 206 g/mol. The Hall–Kier alpha value is -0.810. The maximum atomic E-state index is 8.62. The van der Waals surface area contributed by atoms with E-state index in [-0.39, 0.29) is 5.92 Å². The lowest BCUT2D eigenvalue weighted by Gasteiger charge is -2.32. The molecule has 92 valence electrons. The van der Waals surface area contributed by atoms with Crippen molar-refractivity contribution in [2.75, 3.05) is 32.8 Å². The minimum Gasteiger partial charge on any atom is -0.409 e. The van der Waals surface area contributed by atoms with E-state index in [0.717, 1.165) is 45.7 Å². The van der Waals surface area contributed by atoms with Crippen LogP contribution in [-0.4, -0.2) is 48.8 Å². The van der Waals surface area contributed by atoms with Crippen LogP contribution in [-0.2, 0) is 4.74 Å². The Morgan fingerprint density at radius 2 is 2.12 bits per heavy atom. The lowest BCUT2D eigenvalue weighted by Crippen LogP contribution is -2.40. The molecule has 0 amide bonds. The number of likely N-dealkylation sites (tertiary alicyclic amines) is 1. The van der Waals surface area contributed by atoms with Gasteiger partial charge in [-0.25, -0.2) is 0 Å². The Morgan fingerprint density at radius 1 is 1.38 bits per heavy atom. The third kappa shape index (κ3) is 2.86. The maximum absolute atomic E-state index is 8.62. The van der Waals surface area contributed by atoms with Gasteiger partial charge in [0.25, 0.3) is 0 Å². The smallest absolute Gasteiger partial charge is 0.142 e. The third-order valence-electron chi connectivity index (χ3n) is 3.66. The molecular formula is C11H21N3O2. The van der Waals surface area contributed by atoms with Gasteiger partial charge in [-0.3, -0.25) is 0 Å². The zero-order chi connectivity index (χ0) is 11.4. The molecule has 0 aromatic heterocycles. The van der Waals surface area contributed by atoms with Gasteiger partial charge >= 0.3 is 0 Å². The van der Waals surface area contributed by atoms with Gasteiger partial charge in [-0.05, 0) is 38.3 Å². The lowest BCUT2D eigenvalue weighted by molar-refractivity contribution is 0.150. The molecule has 3 N–H and O–H groups in total. The highest BCUT2D eigenvalue weighted by Crippen LogP contribution is 2.20. The fraction of sp³-hybridized carbons (Fsp3) is 0.909. The molecule has 0 aromatic rings. The van der Waals surface area contributed by atoms with Crippen LogP contribution in [0.2, 0.25) is 0 Å². The lowest BCUT2D eigenvalue weighted by atomic mass is 9.95. The Morgan fingerprint density at radius 3 is 2.69 bits per heavy atom. The number of oxime groups is 1. The fourth-order valence-corrected chi connectivity index (χ4v) is 2.59. The third-order valence-corrected chi connectivity index (χ3v) is 3.66. The first kappa shape index (κ1) is 11.7. The van der Waals surface area contributed by atoms with Crippen LogP contribution in [0.4, 0.5) is 0 Å². The van der Waals surface area contributed by atoms with Gasteiger partial charge in [0.05, 0.1) is 6.61 Å². The fourth-order valence-electron chi connectivity index (χ4n) is 2.59. The zero-order valence-corrected chi connectivity index (χ0v) is 9.64. The minimum atomic E-state index is 0.265. The van der Waals surface area contributed by atoms with Crippen LogP contribution in [0.3, 0.4) is 0 Å². The second-order valence-corrected chi connectivity index (χ2v) is 4.83. The van der Waals surface area contributed by atoms with Gasteiger partial charge in [-0.15, -0.1) is 0 Å². The Kier molecular flexibility index (Phi) is 4.01. The van der Waals surface area contributed by atoms with E-state index >= 15 is 0 Å². The van der Waals surface area contributed by atoms with Crippen LogP contribution in [0, 0.1) is 11.8 Å². The predicted octanol–water partition coefficient (Wildman–Crippen LogP) is 0.481. The topological polar surface area (TPSA) is 71.1 Å². The summed E-state index contributed by atoms with van der Waals surface area (Å²) in [6, 6.07) is 0. The highest BCUT2D eigenvalue weighted by molar-refractivity contribution is 5.82. The number of rotatable bonds is 3. The number of amidine groups is 1. The predicted molar refractivity (Wildman–Crippen MR) is 61.5 cm³/mol. The average Bonchev–Trinajstić information content (AvgIpc) is 2.82. The first-order valence-corrected chi connectivity index (χ1v) is 6.07. The summed E-state index contributed by atoms with van der Waals surface area (Å²) in [5, 5.41) is 11.7. The van der Waals surface area contributed by atoms with Crippen molar-refractivity contribution in [2.24, 2.45) is 22.7 Å². The largest absolute Gasteiger partial charge is 0.409 e. The van der Waals surface area contributed by atoms with E-state index in [1.165, 1.54) is 6.42 Å². The molecule has 2 saturated heterocycles. The number of hydrogen-bond donors (Lipinski definition) is 2. The van der Waals surface area contributed by atoms with E-state index in [0.29, 0.717) is 11.8 Å². The molecule has 0 aromatic carbocycles. The van der Waals surface area contributed by atoms with Gasteiger partial charge < -0.3 is 20.6 Å². The summed E-state index contributed by atoms with van der Waals surface area (Å²) in [6.45, 7) is 5.09. The molecule has 0 aliphatic carbocycles. The Labute approximate surface area is 96.2 Å². The van der Waals surface area contributed by atoms with E-state index in [1.54, 1.807) is 0 Å². The summed E-state index contributed by atoms with van der Waals surface area (Å²) in [4.78, 5) is 2.47. The first-order chi connectivity index (χ1) is 7.79. The zero-order valence-electron chi connectivity index (χ0n) is 9.64. The quantitative estimate of drug-likeness (QED) is 0.318. The molecule has 1 unspecified atom stereocenters. The van der Waals surface area contributed by atoms with E-state index in [2.05, 4.69) is 10.1 Å². The second kappa shape index (κ2) is 5.50. The summed E-state index contributed by atoms with van der Waals surface area (Å²) >= 11 is 0. The van der Waals surface area contributed by atoms with Crippen LogP contribution in [0.5, 0.6) is 0 Å². The number of ether oxygens (including phenoxy) is 1. The van der Waals surface area contributed by atoms with Gasteiger partial charge in [0, 0.05) is 19.1 Å². The molecule has 5 heteroatoms. The normalized spacial score (nSPS) is 29.8. The van der Waals surface area contributed by atoms with Crippen LogP contribution >= 0.6 is 0 Å². The van der Waals surface area contributed by atoms with Gasteiger partial charge in [-0.1, -0.05) is 5.16 Å². The van der Waals surface area contributed by atoms with Crippen molar-refractivity contribution in [3.63, 3.8) is 0 Å². The maximum Gasteiger partial charge on any atom is 0.142 e. The summed E-state index contributed by atoms with van der Waals surface area (Å²) in [6.07, 6.45) is 3.20. The molecule has 2 heterocycles. The van der Waals surface area contributed by atoms with Gasteiger partial charge in [0.2, 0.25) is 0 Å². The van der Waals surface area contributed by atoms with Crippen molar-refractivity contribution in [3.8, 4) is 0 Å². The molecule has 0 saturated carbocycles. The SMILES string of the molecule is NC(=NO)C1CCN(CC2CCOC2)CC1. The molecule has 0 spiro atoms. The number of nitrogens with zero attached hydrogens (tertiary/aromatic N) is 2. The Balaban J connectivity index is 1.72. The van der Waals surface area contributed by atoms with Crippen LogP contribution < -0.4 is 5.73 Å². The molecule has 2 aliphatic heterocycles. The standard InChI is InChI=1S/C11H21N3O2/c12-11(13-15)10-1-4-14(5-2-10)7-9-3-6-16-8-9/h9-10,15H,1-8H2,(H2,12,13). The molecule has 5 nitrogen and oxygen atoms in total. The van der Waals surface area contributed by atoms with Gasteiger partial charge in [0.1, 0.15) is 5.84 Å². The Bertz CT molecular complexity index is 244.